The molecular weight excluding hydrogens is 931 g/mol. The van der Waals surface area contributed by atoms with Crippen molar-refractivity contribution in [3.05, 3.63) is 127 Å². The summed E-state index contributed by atoms with van der Waals surface area (Å²) < 4.78 is 49.1. The van der Waals surface area contributed by atoms with Crippen LogP contribution in [0.3, 0.4) is 0 Å². The summed E-state index contributed by atoms with van der Waals surface area (Å²) in [6.07, 6.45) is 21.3. The minimum Gasteiger partial charge on any atom is -0.502 e. The SMILES string of the molecule is C=CC.C=CCN(CC=C)C(C)(C)C.C=CCNC.C=CCOCC(CC)(COCC=C)COC(C)(C)C.C=CCOCC(COCC=C)OC(C)(C)C.C=COCCCCOC(C)(C)C.C=COCCCNC. The topological polar surface area (TPSA) is 110 Å². The molecule has 0 aliphatic carbocycles. The van der Waals surface area contributed by atoms with Gasteiger partial charge in [0, 0.05) is 37.2 Å². The van der Waals surface area contributed by atoms with Gasteiger partial charge in [-0.1, -0.05) is 68.7 Å². The molecule has 0 aromatic heterocycles. The van der Waals surface area contributed by atoms with E-state index in [0.29, 0.717) is 59.5 Å². The number of nitrogens with zero attached hydrogens (tertiary/aromatic N) is 1. The van der Waals surface area contributed by atoms with Crippen LogP contribution in [0.4, 0.5) is 0 Å². The fourth-order valence-corrected chi connectivity index (χ4v) is 4.94. The van der Waals surface area contributed by atoms with Crippen molar-refractivity contribution in [2.24, 2.45) is 5.41 Å². The average molecular weight is 1050 g/mol. The molecule has 0 amide bonds. The lowest BCUT2D eigenvalue weighted by Crippen LogP contribution is -2.41. The lowest BCUT2D eigenvalue weighted by atomic mass is 9.87. The van der Waals surface area contributed by atoms with Crippen molar-refractivity contribution >= 4 is 0 Å². The van der Waals surface area contributed by atoms with Gasteiger partial charge in [-0.25, -0.2) is 0 Å². The molecular formula is C62H121N3O9. The van der Waals surface area contributed by atoms with E-state index in [4.69, 9.17) is 42.6 Å². The van der Waals surface area contributed by atoms with Crippen LogP contribution in [-0.2, 0) is 42.6 Å². The van der Waals surface area contributed by atoms with Crippen LogP contribution in [0, 0.1) is 5.41 Å². The number of hydrogen-bond donors (Lipinski definition) is 2. The minimum absolute atomic E-state index is 0.0146. The molecule has 0 spiro atoms. The number of likely N-dealkylation sites (N-methyl/N-ethyl adjacent to an activating group) is 1. The zero-order valence-electron chi connectivity index (χ0n) is 51.2. The second-order valence-electron chi connectivity index (χ2n) is 20.5. The highest BCUT2D eigenvalue weighted by Gasteiger charge is 2.31. The van der Waals surface area contributed by atoms with E-state index in [9.17, 15) is 0 Å². The first-order valence-corrected chi connectivity index (χ1v) is 26.3. The van der Waals surface area contributed by atoms with E-state index in [1.165, 1.54) is 12.5 Å². The number of allylic oxidation sites excluding steroid dienone is 1. The van der Waals surface area contributed by atoms with Crippen molar-refractivity contribution < 1.29 is 42.6 Å². The van der Waals surface area contributed by atoms with Crippen LogP contribution in [0.2, 0.25) is 0 Å². The predicted octanol–water partition coefficient (Wildman–Crippen LogP) is 13.7. The summed E-state index contributed by atoms with van der Waals surface area (Å²) in [7, 11) is 3.82. The highest BCUT2D eigenvalue weighted by molar-refractivity contribution is 4.87. The van der Waals surface area contributed by atoms with E-state index < -0.39 is 0 Å². The normalized spacial score (nSPS) is 10.9. The Morgan fingerprint density at radius 3 is 1.19 bits per heavy atom. The summed E-state index contributed by atoms with van der Waals surface area (Å²) in [5.41, 5.74) is -0.266. The Kier molecular flexibility index (Phi) is 69.1. The molecule has 0 aliphatic rings. The first-order chi connectivity index (χ1) is 34.7. The van der Waals surface area contributed by atoms with Crippen LogP contribution in [0.1, 0.15) is 123 Å². The van der Waals surface area contributed by atoms with Gasteiger partial charge in [-0.15, -0.1) is 52.6 Å². The number of nitrogens with one attached hydrogen (secondary N) is 2. The Balaban J connectivity index is -0.000000149. The smallest absolute Gasteiger partial charge is 0.105 e. The predicted molar refractivity (Wildman–Crippen MR) is 325 cm³/mol. The van der Waals surface area contributed by atoms with Crippen LogP contribution in [0.25, 0.3) is 0 Å². The fraction of sp³-hybridized carbons (Fsp3) is 0.677. The quantitative estimate of drug-likeness (QED) is 0.0351. The van der Waals surface area contributed by atoms with Gasteiger partial charge in [-0.3, -0.25) is 4.90 Å². The van der Waals surface area contributed by atoms with Crippen molar-refractivity contribution in [3.8, 4) is 0 Å². The highest BCUT2D eigenvalue weighted by Crippen LogP contribution is 2.26. The molecule has 0 bridgehead atoms. The standard InChI is InChI=1S/C16H30O3.C13H24O3.C10H19N.C10H20O2.C6H13NO.C4H9N.C3H6/c1-7-10-17-12-16(9-3,13-18-11-8-2)14-19-15(4,5)6;1-6-8-14-10-12(11-15-9-7-2)16-13(3,4)5;1-6-8-11(9-7-2)10(3,4)5;1-5-11-8-6-7-9-12-10(2,3)4;1-3-8-6-4-5-7-2;1-3-4-5-2;1-3-2/h7-8H,1-2,9-14H2,3-6H3;6-7,12H,1-2,8-11H2,3-5H3;6-7H,1-2,8-9H2,3-5H3;5H,1,6-9H2,2-4H3;3,7H,1,4-6H2,2H3;3,5H,1,4H2,2H3;3H,1H2,2H3. The summed E-state index contributed by atoms with van der Waals surface area (Å²) in [6.45, 7) is 75.9. The molecule has 0 aromatic rings. The number of ether oxygens (including phenoxy) is 9. The van der Waals surface area contributed by atoms with Gasteiger partial charge >= 0.3 is 0 Å². The van der Waals surface area contributed by atoms with E-state index in [1.54, 1.807) is 30.4 Å². The van der Waals surface area contributed by atoms with Gasteiger partial charge in [0.05, 0.1) is 102 Å². The molecule has 0 aromatic carbocycles. The summed E-state index contributed by atoms with van der Waals surface area (Å²) in [5, 5.41) is 5.91. The van der Waals surface area contributed by atoms with E-state index in [1.807, 2.05) is 60.0 Å². The monoisotopic (exact) mass is 1050 g/mol. The molecule has 0 unspecified atom stereocenters. The van der Waals surface area contributed by atoms with Gasteiger partial charge in [-0.2, -0.15) is 0 Å². The minimum atomic E-state index is -0.195. The molecule has 0 heterocycles. The fourth-order valence-electron chi connectivity index (χ4n) is 4.94. The van der Waals surface area contributed by atoms with E-state index in [0.717, 1.165) is 71.7 Å². The third kappa shape index (κ3) is 82.6. The van der Waals surface area contributed by atoms with Crippen molar-refractivity contribution in [2.75, 3.05) is 120 Å². The lowest BCUT2D eigenvalue weighted by molar-refractivity contribution is -0.115. The summed E-state index contributed by atoms with van der Waals surface area (Å²) in [4.78, 5) is 2.31. The van der Waals surface area contributed by atoms with Crippen molar-refractivity contribution in [1.29, 1.82) is 0 Å². The van der Waals surface area contributed by atoms with Gasteiger partial charge in [0.25, 0.3) is 0 Å². The molecule has 0 fully saturated rings. The molecule has 2 N–H and O–H groups in total. The molecule has 12 heteroatoms. The number of unbranched alkanes of at least 4 members (excludes halogenated alkanes) is 1. The van der Waals surface area contributed by atoms with Crippen LogP contribution < -0.4 is 10.6 Å². The maximum absolute atomic E-state index is 5.94. The first-order valence-electron chi connectivity index (χ1n) is 26.3. The van der Waals surface area contributed by atoms with E-state index >= 15 is 0 Å². The lowest BCUT2D eigenvalue weighted by Gasteiger charge is -2.34. The summed E-state index contributed by atoms with van der Waals surface area (Å²) in [5.74, 6) is 0. The second kappa shape index (κ2) is 60.5. The average Bonchev–Trinajstić information content (AvgIpc) is 3.31. The van der Waals surface area contributed by atoms with Crippen molar-refractivity contribution in [1.82, 2.24) is 15.5 Å². The Labute approximate surface area is 459 Å². The van der Waals surface area contributed by atoms with Crippen LogP contribution in [0.15, 0.2) is 127 Å². The van der Waals surface area contributed by atoms with Gasteiger partial charge < -0.3 is 53.3 Å². The molecule has 12 nitrogen and oxygen atoms in total. The Hall–Kier alpha value is -3.40. The molecule has 0 saturated heterocycles. The first kappa shape index (κ1) is 84.5. The van der Waals surface area contributed by atoms with Crippen LogP contribution in [-0.4, -0.2) is 153 Å². The Bertz CT molecular complexity index is 1240. The largest absolute Gasteiger partial charge is 0.502 e. The van der Waals surface area contributed by atoms with Crippen LogP contribution >= 0.6 is 0 Å². The Morgan fingerprint density at radius 1 is 0.486 bits per heavy atom. The summed E-state index contributed by atoms with van der Waals surface area (Å²) in [6, 6.07) is 0. The summed E-state index contributed by atoms with van der Waals surface area (Å²) >= 11 is 0. The zero-order valence-corrected chi connectivity index (χ0v) is 51.2. The molecule has 0 atom stereocenters. The molecule has 0 radical (unpaired) electrons. The van der Waals surface area contributed by atoms with Gasteiger partial charge in [0.2, 0.25) is 0 Å². The van der Waals surface area contributed by atoms with Crippen molar-refractivity contribution in [2.45, 2.75) is 151 Å². The third-order valence-electron chi connectivity index (χ3n) is 8.56. The zero-order chi connectivity index (χ0) is 58.6. The number of hydrogen-bond acceptors (Lipinski definition) is 12. The maximum Gasteiger partial charge on any atom is 0.105 e. The Morgan fingerprint density at radius 2 is 0.892 bits per heavy atom. The van der Waals surface area contributed by atoms with Crippen LogP contribution in [0.5, 0.6) is 0 Å². The highest BCUT2D eigenvalue weighted by atomic mass is 16.6. The number of rotatable bonds is 37. The molecule has 438 valence electrons. The van der Waals surface area contributed by atoms with Gasteiger partial charge in [0.15, 0.2) is 0 Å². The molecule has 0 rings (SSSR count). The maximum atomic E-state index is 5.94. The van der Waals surface area contributed by atoms with Gasteiger partial charge in [-0.05, 0) is 136 Å². The molecule has 0 aliphatic heterocycles. The van der Waals surface area contributed by atoms with E-state index in [-0.39, 0.29) is 33.9 Å². The van der Waals surface area contributed by atoms with E-state index in [2.05, 4.69) is 151 Å². The second-order valence-corrected chi connectivity index (χ2v) is 20.5. The molecule has 0 saturated carbocycles. The van der Waals surface area contributed by atoms with Gasteiger partial charge in [0.1, 0.15) is 6.10 Å². The molecule has 74 heavy (non-hydrogen) atoms. The third-order valence-corrected chi connectivity index (χ3v) is 8.56. The van der Waals surface area contributed by atoms with Crippen molar-refractivity contribution in [3.63, 3.8) is 0 Å².